The molecule has 0 radical (unpaired) electrons. The van der Waals surface area contributed by atoms with Crippen LogP contribution in [0.25, 0.3) is 0 Å². The number of carbonyl (C=O) groups excluding carboxylic acids is 1. The Hall–Kier alpha value is -3.18. The van der Waals surface area contributed by atoms with Crippen LogP contribution in [0, 0.1) is 0 Å². The number of anilines is 2. The maximum atomic E-state index is 13.0. The number of nitrogens with one attached hydrogen (secondary N) is 2. The molecule has 34 heavy (non-hydrogen) atoms. The van der Waals surface area contributed by atoms with E-state index < -0.39 is 0 Å². The molecule has 0 unspecified atom stereocenters. The number of hydrogen-bond donors (Lipinski definition) is 2. The van der Waals surface area contributed by atoms with Crippen LogP contribution in [0.5, 0.6) is 0 Å². The number of rotatable bonds is 6. The summed E-state index contributed by atoms with van der Waals surface area (Å²) in [7, 11) is 0. The molecule has 4 rings (SSSR count). The average Bonchev–Trinajstić information content (AvgIpc) is 3.37. The number of benzene rings is 3. The van der Waals surface area contributed by atoms with Crippen molar-refractivity contribution in [1.82, 2.24) is 5.32 Å². The lowest BCUT2D eigenvalue weighted by Gasteiger charge is -2.19. The van der Waals surface area contributed by atoms with Crippen LogP contribution in [-0.4, -0.2) is 24.0 Å². The Balaban J connectivity index is 1.33. The average molecular weight is 472 g/mol. The molecule has 0 atom stereocenters. The van der Waals surface area contributed by atoms with Crippen molar-refractivity contribution in [3.05, 3.63) is 95.1 Å². The van der Waals surface area contributed by atoms with E-state index in [4.69, 9.17) is 12.2 Å². The molecule has 0 aliphatic carbocycles. The van der Waals surface area contributed by atoms with E-state index in [1.807, 2.05) is 48.5 Å². The topological polar surface area (TPSA) is 44.4 Å². The Morgan fingerprint density at radius 3 is 2.24 bits per heavy atom. The Kier molecular flexibility index (Phi) is 7.32. The van der Waals surface area contributed by atoms with E-state index in [2.05, 4.69) is 60.6 Å². The van der Waals surface area contributed by atoms with Crippen LogP contribution in [0.2, 0.25) is 0 Å². The van der Waals surface area contributed by atoms with Gasteiger partial charge in [0.2, 0.25) is 0 Å². The van der Waals surface area contributed by atoms with Gasteiger partial charge in [-0.05, 0) is 65.9 Å². The molecule has 0 aromatic heterocycles. The van der Waals surface area contributed by atoms with Gasteiger partial charge in [0.1, 0.15) is 0 Å². The number of ketones is 1. The predicted molar refractivity (Wildman–Crippen MR) is 146 cm³/mol. The van der Waals surface area contributed by atoms with E-state index in [1.54, 1.807) is 0 Å². The Bertz CT molecular complexity index is 1140. The summed E-state index contributed by atoms with van der Waals surface area (Å²) in [6, 6.07) is 24.0. The third-order valence-electron chi connectivity index (χ3n) is 6.26. The number of hydrogen-bond acceptors (Lipinski definition) is 3. The highest BCUT2D eigenvalue weighted by atomic mass is 32.1. The lowest BCUT2D eigenvalue weighted by molar-refractivity contribution is 0.103. The van der Waals surface area contributed by atoms with Gasteiger partial charge in [-0.25, -0.2) is 0 Å². The largest absolute Gasteiger partial charge is 0.372 e. The molecule has 0 bridgehead atoms. The highest BCUT2D eigenvalue weighted by molar-refractivity contribution is 7.80. The molecule has 0 saturated carbocycles. The smallest absolute Gasteiger partial charge is 0.193 e. The minimum Gasteiger partial charge on any atom is -0.372 e. The van der Waals surface area contributed by atoms with E-state index in [-0.39, 0.29) is 11.2 Å². The second-order valence-electron chi connectivity index (χ2n) is 9.91. The zero-order valence-electron chi connectivity index (χ0n) is 20.2. The van der Waals surface area contributed by atoms with Gasteiger partial charge in [-0.15, -0.1) is 0 Å². The molecule has 1 aliphatic rings. The van der Waals surface area contributed by atoms with Gasteiger partial charge in [0.05, 0.1) is 0 Å². The van der Waals surface area contributed by atoms with E-state index in [1.165, 1.54) is 29.7 Å². The van der Waals surface area contributed by atoms with E-state index >= 15 is 0 Å². The van der Waals surface area contributed by atoms with Gasteiger partial charge in [0.25, 0.3) is 0 Å². The van der Waals surface area contributed by atoms with Gasteiger partial charge < -0.3 is 15.5 Å². The Labute approximate surface area is 208 Å². The molecule has 1 fully saturated rings. The maximum absolute atomic E-state index is 13.0. The summed E-state index contributed by atoms with van der Waals surface area (Å²) < 4.78 is 0. The lowest BCUT2D eigenvalue weighted by atomic mass is 9.86. The summed E-state index contributed by atoms with van der Waals surface area (Å²) in [4.78, 5) is 15.4. The van der Waals surface area contributed by atoms with Crippen LogP contribution < -0.4 is 15.5 Å². The predicted octanol–water partition coefficient (Wildman–Crippen LogP) is 6.30. The summed E-state index contributed by atoms with van der Waals surface area (Å²) in [5, 5.41) is 6.99. The molecule has 5 heteroatoms. The van der Waals surface area contributed by atoms with Gasteiger partial charge in [-0.2, -0.15) is 0 Å². The maximum Gasteiger partial charge on any atom is 0.193 e. The molecule has 2 N–H and O–H groups in total. The molecule has 0 spiro atoms. The van der Waals surface area contributed by atoms with Crippen LogP contribution in [0.4, 0.5) is 11.4 Å². The fourth-order valence-electron chi connectivity index (χ4n) is 4.18. The van der Waals surface area contributed by atoms with Gasteiger partial charge in [0, 0.05) is 42.1 Å². The van der Waals surface area contributed by atoms with Gasteiger partial charge in [-0.3, -0.25) is 4.79 Å². The Morgan fingerprint density at radius 1 is 0.912 bits per heavy atom. The highest BCUT2D eigenvalue weighted by Crippen LogP contribution is 2.24. The third kappa shape index (κ3) is 6.03. The first-order chi connectivity index (χ1) is 16.3. The van der Waals surface area contributed by atoms with Gasteiger partial charge in [-0.1, -0.05) is 69.3 Å². The van der Waals surface area contributed by atoms with Crippen molar-refractivity contribution in [1.29, 1.82) is 0 Å². The SMILES string of the molecule is CC(C)(C)c1ccc(C(=O)c2cccc(NC(=S)NCc3ccc(N4CCCC4)cc3)c2)cc1. The van der Waals surface area contributed by atoms with E-state index in [0.717, 1.165) is 18.8 Å². The van der Waals surface area contributed by atoms with Crippen LogP contribution in [0.1, 0.15) is 60.7 Å². The van der Waals surface area contributed by atoms with Crippen molar-refractivity contribution < 1.29 is 4.79 Å². The van der Waals surface area contributed by atoms with Crippen LogP contribution >= 0.6 is 12.2 Å². The summed E-state index contributed by atoms with van der Waals surface area (Å²) >= 11 is 5.48. The number of nitrogens with zero attached hydrogens (tertiary/aromatic N) is 1. The first kappa shape index (κ1) is 24.0. The zero-order valence-corrected chi connectivity index (χ0v) is 21.0. The molecule has 1 saturated heterocycles. The lowest BCUT2D eigenvalue weighted by Crippen LogP contribution is -2.28. The molecule has 176 valence electrons. The van der Waals surface area contributed by atoms with Crippen molar-refractivity contribution in [2.75, 3.05) is 23.3 Å². The molecule has 0 amide bonds. The van der Waals surface area contributed by atoms with Crippen LogP contribution in [0.15, 0.2) is 72.8 Å². The summed E-state index contributed by atoms with van der Waals surface area (Å²) in [6.45, 7) is 9.44. The first-order valence-electron chi connectivity index (χ1n) is 11.9. The Morgan fingerprint density at radius 2 is 1.59 bits per heavy atom. The third-order valence-corrected chi connectivity index (χ3v) is 6.50. The zero-order chi connectivity index (χ0) is 24.1. The fraction of sp³-hybridized carbons (Fsp3) is 0.310. The minimum absolute atomic E-state index is 0.000999. The molecular weight excluding hydrogens is 438 g/mol. The summed E-state index contributed by atoms with van der Waals surface area (Å²) in [5.74, 6) is 0.000999. The fourth-order valence-corrected chi connectivity index (χ4v) is 4.37. The van der Waals surface area contributed by atoms with Crippen LogP contribution in [-0.2, 0) is 12.0 Å². The summed E-state index contributed by atoms with van der Waals surface area (Å²) in [5.41, 5.74) is 5.84. The molecule has 1 aliphatic heterocycles. The molecule has 3 aromatic rings. The van der Waals surface area contributed by atoms with Crippen molar-refractivity contribution in [2.24, 2.45) is 0 Å². The molecular formula is C29H33N3OS. The first-order valence-corrected chi connectivity index (χ1v) is 12.3. The van der Waals surface area contributed by atoms with Crippen molar-refractivity contribution in [3.8, 4) is 0 Å². The van der Waals surface area contributed by atoms with Crippen LogP contribution in [0.3, 0.4) is 0 Å². The minimum atomic E-state index is 0.000999. The van der Waals surface area contributed by atoms with E-state index in [9.17, 15) is 4.79 Å². The molecule has 3 aromatic carbocycles. The van der Waals surface area contributed by atoms with Gasteiger partial charge in [0.15, 0.2) is 10.9 Å². The van der Waals surface area contributed by atoms with Crippen molar-refractivity contribution in [2.45, 2.75) is 45.6 Å². The normalized spacial score (nSPS) is 13.6. The molecule has 4 nitrogen and oxygen atoms in total. The second kappa shape index (κ2) is 10.4. The second-order valence-corrected chi connectivity index (χ2v) is 10.3. The monoisotopic (exact) mass is 471 g/mol. The highest BCUT2D eigenvalue weighted by Gasteiger charge is 2.15. The standard InChI is InChI=1S/C29H33N3OS/c1-29(2,3)24-13-11-22(12-14-24)27(33)23-7-6-8-25(19-23)31-28(34)30-20-21-9-15-26(16-10-21)32-17-4-5-18-32/h6-16,19H,4-5,17-18,20H2,1-3H3,(H2,30,31,34). The number of carbonyl (C=O) groups is 1. The van der Waals surface area contributed by atoms with Crippen molar-refractivity contribution in [3.63, 3.8) is 0 Å². The van der Waals surface area contributed by atoms with Gasteiger partial charge >= 0.3 is 0 Å². The quantitative estimate of drug-likeness (QED) is 0.326. The van der Waals surface area contributed by atoms with E-state index in [0.29, 0.717) is 22.8 Å². The molecule has 1 heterocycles. The number of thiocarbonyl (C=S) groups is 1. The summed E-state index contributed by atoms with van der Waals surface area (Å²) in [6.07, 6.45) is 2.55. The van der Waals surface area contributed by atoms with Crippen molar-refractivity contribution >= 4 is 34.5 Å².